The second-order valence-electron chi connectivity index (χ2n) is 4.18. The number of aliphatic hydroxyl groups excluding tert-OH is 1. The fourth-order valence-corrected chi connectivity index (χ4v) is 1.88. The van der Waals surface area contributed by atoms with Gasteiger partial charge in [0.2, 0.25) is 0 Å². The maximum atomic E-state index is 8.75. The fourth-order valence-electron chi connectivity index (χ4n) is 1.70. The summed E-state index contributed by atoms with van der Waals surface area (Å²) in [5.41, 5.74) is 1.93. The van der Waals surface area contributed by atoms with E-state index in [4.69, 9.17) is 21.4 Å². The minimum Gasteiger partial charge on any atom is -0.489 e. The molecule has 0 bridgehead atoms. The zero-order valence-electron chi connectivity index (χ0n) is 11.0. The summed E-state index contributed by atoms with van der Waals surface area (Å²) < 4.78 is 5.72. The van der Waals surface area contributed by atoms with Crippen LogP contribution in [0.4, 0.5) is 0 Å². The molecule has 3 heteroatoms. The standard InChI is InChI=1S/C17H15ClO2/c18-16-9-5-10-17(12-16)20-13-15-8-2-1-6-14(15)7-3-4-11-19/h1-2,5-6,8-10,12,19H,4,11,13H2. The summed E-state index contributed by atoms with van der Waals surface area (Å²) >= 11 is 5.92. The van der Waals surface area contributed by atoms with Crippen LogP contribution in [0.25, 0.3) is 0 Å². The first kappa shape index (κ1) is 14.5. The average Bonchev–Trinajstić information content (AvgIpc) is 2.47. The Morgan fingerprint density at radius 1 is 1.10 bits per heavy atom. The van der Waals surface area contributed by atoms with Crippen molar-refractivity contribution in [2.24, 2.45) is 0 Å². The van der Waals surface area contributed by atoms with E-state index in [0.717, 1.165) is 16.9 Å². The molecule has 102 valence electrons. The van der Waals surface area contributed by atoms with Crippen molar-refractivity contribution in [1.82, 2.24) is 0 Å². The molecular formula is C17H15ClO2. The highest BCUT2D eigenvalue weighted by Gasteiger charge is 2.01. The summed E-state index contributed by atoms with van der Waals surface area (Å²) in [6.07, 6.45) is 0.476. The molecule has 0 aliphatic heterocycles. The van der Waals surface area contributed by atoms with Gasteiger partial charge >= 0.3 is 0 Å². The highest BCUT2D eigenvalue weighted by Crippen LogP contribution is 2.19. The third-order valence-electron chi connectivity index (χ3n) is 2.67. The molecule has 1 N–H and O–H groups in total. The van der Waals surface area contributed by atoms with Gasteiger partial charge in [0.15, 0.2) is 0 Å². The van der Waals surface area contributed by atoms with Crippen LogP contribution in [-0.4, -0.2) is 11.7 Å². The van der Waals surface area contributed by atoms with Crippen LogP contribution >= 0.6 is 11.6 Å². The van der Waals surface area contributed by atoms with Crippen molar-refractivity contribution in [2.75, 3.05) is 6.61 Å². The van der Waals surface area contributed by atoms with Gasteiger partial charge in [0, 0.05) is 22.6 Å². The first-order chi connectivity index (χ1) is 9.79. The molecule has 2 rings (SSSR count). The summed E-state index contributed by atoms with van der Waals surface area (Å²) in [6, 6.07) is 15.1. The van der Waals surface area contributed by atoms with E-state index in [2.05, 4.69) is 11.8 Å². The van der Waals surface area contributed by atoms with Gasteiger partial charge in [-0.2, -0.15) is 0 Å². The van der Waals surface area contributed by atoms with E-state index in [1.165, 1.54) is 0 Å². The van der Waals surface area contributed by atoms with Crippen LogP contribution in [0.5, 0.6) is 5.75 Å². The van der Waals surface area contributed by atoms with Crippen molar-refractivity contribution in [1.29, 1.82) is 0 Å². The highest BCUT2D eigenvalue weighted by atomic mass is 35.5. The molecule has 0 atom stereocenters. The lowest BCUT2D eigenvalue weighted by molar-refractivity contribution is 0.305. The Morgan fingerprint density at radius 2 is 1.95 bits per heavy atom. The number of hydrogen-bond acceptors (Lipinski definition) is 2. The number of aliphatic hydroxyl groups is 1. The van der Waals surface area contributed by atoms with Gasteiger partial charge in [0.1, 0.15) is 12.4 Å². The summed E-state index contributed by atoms with van der Waals surface area (Å²) in [5.74, 6) is 6.70. The van der Waals surface area contributed by atoms with E-state index in [1.807, 2.05) is 42.5 Å². The van der Waals surface area contributed by atoms with Crippen molar-refractivity contribution in [2.45, 2.75) is 13.0 Å². The van der Waals surface area contributed by atoms with E-state index in [1.54, 1.807) is 6.07 Å². The second kappa shape index (κ2) is 7.59. The van der Waals surface area contributed by atoms with Crippen molar-refractivity contribution in [3.8, 4) is 17.6 Å². The molecule has 0 unspecified atom stereocenters. The van der Waals surface area contributed by atoms with E-state index in [-0.39, 0.29) is 6.61 Å². The van der Waals surface area contributed by atoms with Crippen LogP contribution in [0.2, 0.25) is 5.02 Å². The van der Waals surface area contributed by atoms with Crippen molar-refractivity contribution < 1.29 is 9.84 Å². The first-order valence-corrected chi connectivity index (χ1v) is 6.73. The molecule has 0 amide bonds. The molecule has 0 spiro atoms. The quantitative estimate of drug-likeness (QED) is 0.869. The van der Waals surface area contributed by atoms with Crippen LogP contribution in [-0.2, 0) is 6.61 Å². The molecule has 20 heavy (non-hydrogen) atoms. The highest BCUT2D eigenvalue weighted by molar-refractivity contribution is 6.30. The van der Waals surface area contributed by atoms with Crippen LogP contribution in [0.1, 0.15) is 17.5 Å². The lowest BCUT2D eigenvalue weighted by Crippen LogP contribution is -1.98. The number of rotatable bonds is 4. The van der Waals surface area contributed by atoms with Crippen LogP contribution in [0, 0.1) is 11.8 Å². The van der Waals surface area contributed by atoms with Crippen LogP contribution < -0.4 is 4.74 Å². The largest absolute Gasteiger partial charge is 0.489 e. The Labute approximate surface area is 124 Å². The lowest BCUT2D eigenvalue weighted by atomic mass is 10.1. The Balaban J connectivity index is 2.08. The molecule has 0 saturated carbocycles. The van der Waals surface area contributed by atoms with Gasteiger partial charge in [-0.05, 0) is 24.3 Å². The minimum absolute atomic E-state index is 0.0776. The van der Waals surface area contributed by atoms with Gasteiger partial charge in [-0.1, -0.05) is 47.7 Å². The van der Waals surface area contributed by atoms with Crippen LogP contribution in [0.15, 0.2) is 48.5 Å². The van der Waals surface area contributed by atoms with E-state index < -0.39 is 0 Å². The van der Waals surface area contributed by atoms with Crippen LogP contribution in [0.3, 0.4) is 0 Å². The monoisotopic (exact) mass is 286 g/mol. The maximum Gasteiger partial charge on any atom is 0.121 e. The molecule has 0 fully saturated rings. The second-order valence-corrected chi connectivity index (χ2v) is 4.62. The van der Waals surface area contributed by atoms with Gasteiger partial charge in [0.25, 0.3) is 0 Å². The normalized spacial score (nSPS) is 9.70. The molecule has 0 saturated heterocycles. The van der Waals surface area contributed by atoms with Gasteiger partial charge in [-0.3, -0.25) is 0 Å². The predicted octanol–water partition coefficient (Wildman–Crippen LogP) is 3.65. The topological polar surface area (TPSA) is 29.5 Å². The Kier molecular flexibility index (Phi) is 5.49. The number of ether oxygens (including phenoxy) is 1. The Bertz CT molecular complexity index is 626. The molecule has 2 aromatic carbocycles. The van der Waals surface area contributed by atoms with Crippen molar-refractivity contribution in [3.63, 3.8) is 0 Å². The smallest absolute Gasteiger partial charge is 0.121 e. The van der Waals surface area contributed by atoms with E-state index in [9.17, 15) is 0 Å². The molecule has 0 radical (unpaired) electrons. The summed E-state index contributed by atoms with van der Waals surface area (Å²) in [5, 5.41) is 9.40. The number of halogens is 1. The lowest BCUT2D eigenvalue weighted by Gasteiger charge is -2.08. The molecular weight excluding hydrogens is 272 g/mol. The Hall–Kier alpha value is -1.95. The van der Waals surface area contributed by atoms with Gasteiger partial charge < -0.3 is 9.84 Å². The molecule has 0 aliphatic carbocycles. The first-order valence-electron chi connectivity index (χ1n) is 6.35. The van der Waals surface area contributed by atoms with Crippen molar-refractivity contribution in [3.05, 3.63) is 64.7 Å². The fraction of sp³-hybridized carbons (Fsp3) is 0.176. The third-order valence-corrected chi connectivity index (χ3v) is 2.90. The average molecular weight is 287 g/mol. The molecule has 2 nitrogen and oxygen atoms in total. The molecule has 0 heterocycles. The molecule has 0 aliphatic rings. The summed E-state index contributed by atoms with van der Waals surface area (Å²) in [4.78, 5) is 0. The third kappa shape index (κ3) is 4.31. The molecule has 0 aromatic heterocycles. The van der Waals surface area contributed by atoms with Gasteiger partial charge in [-0.15, -0.1) is 0 Å². The maximum absolute atomic E-state index is 8.75. The molecule has 2 aromatic rings. The van der Waals surface area contributed by atoms with Gasteiger partial charge in [-0.25, -0.2) is 0 Å². The van der Waals surface area contributed by atoms with E-state index in [0.29, 0.717) is 18.1 Å². The number of hydrogen-bond donors (Lipinski definition) is 1. The summed E-state index contributed by atoms with van der Waals surface area (Å²) in [7, 11) is 0. The zero-order valence-corrected chi connectivity index (χ0v) is 11.7. The number of benzene rings is 2. The Morgan fingerprint density at radius 3 is 2.75 bits per heavy atom. The zero-order chi connectivity index (χ0) is 14.2. The minimum atomic E-state index is 0.0776. The van der Waals surface area contributed by atoms with Gasteiger partial charge in [0.05, 0.1) is 6.61 Å². The summed E-state index contributed by atoms with van der Waals surface area (Å²) in [6.45, 7) is 0.512. The van der Waals surface area contributed by atoms with Crippen molar-refractivity contribution >= 4 is 11.6 Å². The SMILES string of the molecule is OCCC#Cc1ccccc1COc1cccc(Cl)c1. The predicted molar refractivity (Wildman–Crippen MR) is 80.8 cm³/mol. The van der Waals surface area contributed by atoms with E-state index >= 15 is 0 Å².